The first kappa shape index (κ1) is 16.2. The Morgan fingerprint density at radius 1 is 1.08 bits per heavy atom. The lowest BCUT2D eigenvalue weighted by Gasteiger charge is -2.01. The highest BCUT2D eigenvalue weighted by Gasteiger charge is 2.24. The van der Waals surface area contributed by atoms with Crippen molar-refractivity contribution in [3.63, 3.8) is 0 Å². The van der Waals surface area contributed by atoms with E-state index in [2.05, 4.69) is 4.98 Å². The Kier molecular flexibility index (Phi) is 4.32. The van der Waals surface area contributed by atoms with Crippen LogP contribution in [0.15, 0.2) is 51.8 Å². The van der Waals surface area contributed by atoms with Crippen LogP contribution in [0.1, 0.15) is 10.5 Å². The second-order valence-corrected chi connectivity index (χ2v) is 5.51. The molecule has 5 nitrogen and oxygen atoms in total. The minimum absolute atomic E-state index is 0.0359. The van der Waals surface area contributed by atoms with E-state index in [1.165, 1.54) is 6.07 Å². The number of hydrogen-bond donors (Lipinski definition) is 2. The molecule has 3 aromatic rings. The largest absolute Gasteiger partial charge is 0.435 e. The van der Waals surface area contributed by atoms with E-state index in [0.717, 1.165) is 29.0 Å². The van der Waals surface area contributed by atoms with Crippen LogP contribution in [-0.4, -0.2) is 10.9 Å². The average molecular weight is 347 g/mol. The second kappa shape index (κ2) is 6.42. The Hall–Kier alpha value is -2.71. The molecule has 0 spiro atoms. The molecule has 8 heteroatoms. The van der Waals surface area contributed by atoms with Crippen molar-refractivity contribution >= 4 is 17.9 Å². The molecule has 1 aromatic heterocycles. The van der Waals surface area contributed by atoms with Gasteiger partial charge >= 0.3 is 0 Å². The van der Waals surface area contributed by atoms with E-state index in [-0.39, 0.29) is 17.3 Å². The number of halogens is 2. The number of rotatable bonds is 4. The number of carbonyl (C=O) groups is 1. The second-order valence-electron chi connectivity index (χ2n) is 4.80. The molecule has 24 heavy (non-hydrogen) atoms. The van der Waals surface area contributed by atoms with Gasteiger partial charge in [-0.1, -0.05) is 6.07 Å². The Morgan fingerprint density at radius 2 is 1.71 bits per heavy atom. The van der Waals surface area contributed by atoms with E-state index in [1.54, 1.807) is 24.3 Å². The number of aromatic nitrogens is 1. The zero-order valence-electron chi connectivity index (χ0n) is 12.1. The number of hydrogen-bond acceptors (Lipinski definition) is 5. The van der Waals surface area contributed by atoms with Gasteiger partial charge in [-0.15, -0.1) is 0 Å². The van der Waals surface area contributed by atoms with Gasteiger partial charge in [-0.25, -0.2) is 13.8 Å². The number of amides is 1. The maximum Gasteiger partial charge on any atom is 0.271 e. The van der Waals surface area contributed by atoms with Crippen molar-refractivity contribution in [3.05, 3.63) is 59.8 Å². The molecule has 2 aromatic carbocycles. The molecule has 1 amide bonds. The summed E-state index contributed by atoms with van der Waals surface area (Å²) < 4.78 is 33.3. The summed E-state index contributed by atoms with van der Waals surface area (Å²) in [7, 11) is 0. The number of primary amides is 1. The zero-order chi connectivity index (χ0) is 17.3. The van der Waals surface area contributed by atoms with Gasteiger partial charge < -0.3 is 10.2 Å². The number of benzene rings is 2. The predicted octanol–water partition coefficient (Wildman–Crippen LogP) is 3.35. The summed E-state index contributed by atoms with van der Waals surface area (Å²) in [5, 5.41) is 5.45. The summed E-state index contributed by atoms with van der Waals surface area (Å²) in [5.41, 5.74) is 5.12. The van der Waals surface area contributed by atoms with Crippen molar-refractivity contribution in [1.29, 1.82) is 0 Å². The lowest BCUT2D eigenvalue weighted by atomic mass is 10.1. The third kappa shape index (κ3) is 2.89. The number of oxazole rings is 1. The Balaban J connectivity index is 2.16. The van der Waals surface area contributed by atoms with Gasteiger partial charge in [0.15, 0.2) is 11.5 Å². The maximum absolute atomic E-state index is 13.9. The van der Waals surface area contributed by atoms with Crippen LogP contribution in [0.5, 0.6) is 0 Å². The van der Waals surface area contributed by atoms with Crippen molar-refractivity contribution < 1.29 is 18.0 Å². The van der Waals surface area contributed by atoms with E-state index >= 15 is 0 Å². The highest BCUT2D eigenvalue weighted by molar-refractivity contribution is 7.97. The van der Waals surface area contributed by atoms with Crippen LogP contribution < -0.4 is 10.9 Å². The minimum atomic E-state index is -0.867. The van der Waals surface area contributed by atoms with Crippen LogP contribution in [0.3, 0.4) is 0 Å². The predicted molar refractivity (Wildman–Crippen MR) is 85.9 cm³/mol. The fourth-order valence-corrected chi connectivity index (χ4v) is 2.47. The molecule has 1 heterocycles. The highest BCUT2D eigenvalue weighted by Crippen LogP contribution is 2.32. The van der Waals surface area contributed by atoms with Gasteiger partial charge in [0.05, 0.1) is 0 Å². The lowest BCUT2D eigenvalue weighted by Crippen LogP contribution is -2.12. The maximum atomic E-state index is 13.9. The summed E-state index contributed by atoms with van der Waals surface area (Å²) >= 11 is 1.05. The molecular formula is C16H11F2N3O2S. The molecule has 3 rings (SSSR count). The first-order valence-electron chi connectivity index (χ1n) is 6.73. The van der Waals surface area contributed by atoms with Gasteiger partial charge in [0, 0.05) is 10.5 Å². The average Bonchev–Trinajstić information content (AvgIpc) is 3.00. The molecule has 0 unspecified atom stereocenters. The Labute approximate surface area is 139 Å². The Morgan fingerprint density at radius 3 is 2.25 bits per heavy atom. The summed E-state index contributed by atoms with van der Waals surface area (Å²) in [6.07, 6.45) is 0. The van der Waals surface area contributed by atoms with Gasteiger partial charge in [-0.3, -0.25) is 9.93 Å². The SMILES string of the molecule is NSc1ccc(-c2oc(-c3c(F)cccc3F)nc2C(N)=O)cc1. The molecule has 0 bridgehead atoms. The van der Waals surface area contributed by atoms with Crippen LogP contribution in [0.2, 0.25) is 0 Å². The fraction of sp³-hybridized carbons (Fsp3) is 0. The van der Waals surface area contributed by atoms with Gasteiger partial charge in [0.1, 0.15) is 17.2 Å². The Bertz CT molecular complexity index is 890. The molecule has 0 saturated carbocycles. The third-order valence-corrected chi connectivity index (χ3v) is 3.83. The molecule has 0 saturated heterocycles. The molecule has 0 fully saturated rings. The van der Waals surface area contributed by atoms with Crippen LogP contribution in [-0.2, 0) is 0 Å². The minimum Gasteiger partial charge on any atom is -0.435 e. The van der Waals surface area contributed by atoms with Crippen molar-refractivity contribution in [1.82, 2.24) is 4.98 Å². The topological polar surface area (TPSA) is 95.1 Å². The molecular weight excluding hydrogens is 336 g/mol. The summed E-state index contributed by atoms with van der Waals surface area (Å²) in [4.78, 5) is 16.3. The number of nitrogens with two attached hydrogens (primary N) is 2. The monoisotopic (exact) mass is 347 g/mol. The fourth-order valence-electron chi connectivity index (χ4n) is 2.18. The molecule has 0 aliphatic heterocycles. The quantitative estimate of drug-likeness (QED) is 0.706. The summed E-state index contributed by atoms with van der Waals surface area (Å²) in [5.74, 6) is -2.89. The normalized spacial score (nSPS) is 10.8. The van der Waals surface area contributed by atoms with Crippen molar-refractivity contribution in [2.24, 2.45) is 10.9 Å². The molecule has 4 N–H and O–H groups in total. The van der Waals surface area contributed by atoms with E-state index < -0.39 is 23.1 Å². The number of nitrogens with zero attached hydrogens (tertiary/aromatic N) is 1. The van der Waals surface area contributed by atoms with Crippen LogP contribution in [0.25, 0.3) is 22.8 Å². The zero-order valence-corrected chi connectivity index (χ0v) is 12.9. The molecule has 0 atom stereocenters. The van der Waals surface area contributed by atoms with E-state index in [0.29, 0.717) is 5.56 Å². The van der Waals surface area contributed by atoms with Crippen LogP contribution >= 0.6 is 11.9 Å². The standard InChI is InChI=1S/C16H11F2N3O2S/c17-10-2-1-3-11(18)12(10)16-21-13(15(19)22)14(23-16)8-4-6-9(24-20)7-5-8/h1-7H,20H2,(H2,19,22). The molecule has 122 valence electrons. The molecule has 0 aliphatic carbocycles. The molecule has 0 aliphatic rings. The lowest BCUT2D eigenvalue weighted by molar-refractivity contribution is 0.0996. The smallest absolute Gasteiger partial charge is 0.271 e. The van der Waals surface area contributed by atoms with Crippen molar-refractivity contribution in [2.45, 2.75) is 4.90 Å². The number of carbonyl (C=O) groups excluding carboxylic acids is 1. The van der Waals surface area contributed by atoms with E-state index in [4.69, 9.17) is 15.3 Å². The van der Waals surface area contributed by atoms with Crippen LogP contribution in [0.4, 0.5) is 8.78 Å². The van der Waals surface area contributed by atoms with Gasteiger partial charge in [0.2, 0.25) is 5.89 Å². The van der Waals surface area contributed by atoms with Gasteiger partial charge in [0.25, 0.3) is 5.91 Å². The summed E-state index contributed by atoms with van der Waals surface area (Å²) in [6.45, 7) is 0. The third-order valence-electron chi connectivity index (χ3n) is 3.29. The van der Waals surface area contributed by atoms with Gasteiger partial charge in [-0.05, 0) is 48.3 Å². The molecule has 0 radical (unpaired) electrons. The van der Waals surface area contributed by atoms with Gasteiger partial charge in [-0.2, -0.15) is 0 Å². The first-order valence-corrected chi connectivity index (χ1v) is 7.61. The summed E-state index contributed by atoms with van der Waals surface area (Å²) in [6, 6.07) is 10.1. The van der Waals surface area contributed by atoms with E-state index in [9.17, 15) is 13.6 Å². The van der Waals surface area contributed by atoms with Crippen molar-refractivity contribution in [3.8, 4) is 22.8 Å². The van der Waals surface area contributed by atoms with Crippen LogP contribution in [0, 0.1) is 11.6 Å². The highest BCUT2D eigenvalue weighted by atomic mass is 32.2. The first-order chi connectivity index (χ1) is 11.5. The van der Waals surface area contributed by atoms with Crippen molar-refractivity contribution in [2.75, 3.05) is 0 Å². The van der Waals surface area contributed by atoms with E-state index in [1.807, 2.05) is 0 Å².